The molecule has 0 radical (unpaired) electrons. The van der Waals surface area contributed by atoms with Gasteiger partial charge in [0.25, 0.3) is 0 Å². The van der Waals surface area contributed by atoms with E-state index in [1.165, 1.54) is 0 Å². The molecule has 4 aromatic rings. The van der Waals surface area contributed by atoms with Gasteiger partial charge in [0.05, 0.1) is 10.6 Å². The fraction of sp³-hybridized carbons (Fsp3) is 0.0625. The summed E-state index contributed by atoms with van der Waals surface area (Å²) in [5.41, 5.74) is 2.93. The maximum atomic E-state index is 4.58. The first-order chi connectivity index (χ1) is 10.9. The lowest BCUT2D eigenvalue weighted by Crippen LogP contribution is -1.88. The number of imidazole rings is 1. The standard InChI is InChI=1S/C16H12N4S2/c1-2-8-20-10-12(17-15(20)5-1)11-22-16-7-6-13(18-19-16)14-4-3-9-21-14/h1-10H,11H2. The van der Waals surface area contributed by atoms with Crippen molar-refractivity contribution in [1.29, 1.82) is 0 Å². The fourth-order valence-corrected chi connectivity index (χ4v) is 3.55. The summed E-state index contributed by atoms with van der Waals surface area (Å²) >= 11 is 3.32. The smallest absolute Gasteiger partial charge is 0.137 e. The summed E-state index contributed by atoms with van der Waals surface area (Å²) in [6, 6.07) is 14.1. The summed E-state index contributed by atoms with van der Waals surface area (Å²) in [5.74, 6) is 0.786. The first-order valence-electron chi connectivity index (χ1n) is 6.81. The summed E-state index contributed by atoms with van der Waals surface area (Å²) in [7, 11) is 0. The highest BCUT2D eigenvalue weighted by Gasteiger charge is 2.05. The Morgan fingerprint density at radius 1 is 1.05 bits per heavy atom. The average molecular weight is 324 g/mol. The largest absolute Gasteiger partial charge is 0.307 e. The zero-order chi connectivity index (χ0) is 14.8. The monoisotopic (exact) mass is 324 g/mol. The number of hydrogen-bond donors (Lipinski definition) is 0. The molecule has 108 valence electrons. The zero-order valence-electron chi connectivity index (χ0n) is 11.6. The molecule has 0 bridgehead atoms. The van der Waals surface area contributed by atoms with Crippen LogP contribution in [0.25, 0.3) is 16.2 Å². The molecule has 0 amide bonds. The lowest BCUT2D eigenvalue weighted by Gasteiger charge is -1.99. The van der Waals surface area contributed by atoms with Gasteiger partial charge in [0.15, 0.2) is 0 Å². The number of nitrogens with zero attached hydrogens (tertiary/aromatic N) is 4. The van der Waals surface area contributed by atoms with Crippen LogP contribution in [-0.2, 0) is 5.75 Å². The van der Waals surface area contributed by atoms with Crippen molar-refractivity contribution in [2.24, 2.45) is 0 Å². The molecule has 0 saturated heterocycles. The number of thioether (sulfide) groups is 1. The third-order valence-electron chi connectivity index (χ3n) is 3.20. The highest BCUT2D eigenvalue weighted by molar-refractivity contribution is 7.98. The molecule has 0 aliphatic rings. The van der Waals surface area contributed by atoms with E-state index in [-0.39, 0.29) is 0 Å². The summed E-state index contributed by atoms with van der Waals surface area (Å²) < 4.78 is 2.03. The summed E-state index contributed by atoms with van der Waals surface area (Å²) in [6.45, 7) is 0. The molecular formula is C16H12N4S2. The van der Waals surface area contributed by atoms with Crippen molar-refractivity contribution in [3.8, 4) is 10.6 Å². The normalized spacial score (nSPS) is 11.1. The molecule has 4 aromatic heterocycles. The number of hydrogen-bond acceptors (Lipinski definition) is 5. The number of thiophene rings is 1. The Labute approximate surface area is 135 Å². The maximum Gasteiger partial charge on any atom is 0.137 e. The second-order valence-corrected chi connectivity index (χ2v) is 6.66. The highest BCUT2D eigenvalue weighted by atomic mass is 32.2. The Bertz CT molecular complexity index is 849. The van der Waals surface area contributed by atoms with E-state index in [4.69, 9.17) is 0 Å². The minimum Gasteiger partial charge on any atom is -0.307 e. The minimum atomic E-state index is 0.786. The topological polar surface area (TPSA) is 43.1 Å². The molecule has 0 unspecified atom stereocenters. The number of pyridine rings is 1. The van der Waals surface area contributed by atoms with Crippen LogP contribution in [0.15, 0.2) is 65.3 Å². The van der Waals surface area contributed by atoms with Crippen LogP contribution in [0.4, 0.5) is 0 Å². The van der Waals surface area contributed by atoms with Gasteiger partial charge in [-0.2, -0.15) is 0 Å². The Morgan fingerprint density at radius 2 is 2.05 bits per heavy atom. The van der Waals surface area contributed by atoms with Gasteiger partial charge in [-0.15, -0.1) is 21.5 Å². The van der Waals surface area contributed by atoms with Gasteiger partial charge in [-0.25, -0.2) is 4.98 Å². The molecule has 0 fully saturated rings. The molecule has 0 N–H and O–H groups in total. The Kier molecular flexibility index (Phi) is 3.62. The van der Waals surface area contributed by atoms with Gasteiger partial charge in [0.1, 0.15) is 16.4 Å². The molecule has 0 aromatic carbocycles. The van der Waals surface area contributed by atoms with E-state index in [0.29, 0.717) is 0 Å². The maximum absolute atomic E-state index is 4.58. The van der Waals surface area contributed by atoms with E-state index in [9.17, 15) is 0 Å². The molecule has 0 saturated carbocycles. The molecule has 0 aliphatic heterocycles. The van der Waals surface area contributed by atoms with Crippen LogP contribution >= 0.6 is 23.1 Å². The highest BCUT2D eigenvalue weighted by Crippen LogP contribution is 2.25. The van der Waals surface area contributed by atoms with Crippen LogP contribution in [0.5, 0.6) is 0 Å². The van der Waals surface area contributed by atoms with Crippen molar-refractivity contribution >= 4 is 28.7 Å². The van der Waals surface area contributed by atoms with Gasteiger partial charge in [0.2, 0.25) is 0 Å². The van der Waals surface area contributed by atoms with Gasteiger partial charge in [-0.05, 0) is 35.7 Å². The second kappa shape index (κ2) is 5.90. The van der Waals surface area contributed by atoms with Crippen LogP contribution in [0.1, 0.15) is 5.69 Å². The molecule has 0 spiro atoms. The average Bonchev–Trinajstić information content (AvgIpc) is 3.22. The molecule has 4 rings (SSSR count). The van der Waals surface area contributed by atoms with Crippen LogP contribution in [0.3, 0.4) is 0 Å². The first kappa shape index (κ1) is 13.5. The van der Waals surface area contributed by atoms with Crippen molar-refractivity contribution < 1.29 is 0 Å². The van der Waals surface area contributed by atoms with Crippen molar-refractivity contribution in [2.75, 3.05) is 0 Å². The number of rotatable bonds is 4. The Hall–Kier alpha value is -2.18. The second-order valence-electron chi connectivity index (χ2n) is 4.72. The summed E-state index contributed by atoms with van der Waals surface area (Å²) in [6.07, 6.45) is 4.06. The molecule has 22 heavy (non-hydrogen) atoms. The Balaban J connectivity index is 1.47. The molecule has 0 aliphatic carbocycles. The first-order valence-corrected chi connectivity index (χ1v) is 8.68. The molecule has 0 atom stereocenters. The molecule has 6 heteroatoms. The predicted molar refractivity (Wildman–Crippen MR) is 90.1 cm³/mol. The lowest BCUT2D eigenvalue weighted by atomic mass is 10.3. The van der Waals surface area contributed by atoms with Crippen molar-refractivity contribution in [1.82, 2.24) is 19.6 Å². The number of aromatic nitrogens is 4. The van der Waals surface area contributed by atoms with Crippen molar-refractivity contribution in [2.45, 2.75) is 10.8 Å². The van der Waals surface area contributed by atoms with E-state index < -0.39 is 0 Å². The molecular weight excluding hydrogens is 312 g/mol. The van der Waals surface area contributed by atoms with Crippen LogP contribution in [0.2, 0.25) is 0 Å². The van der Waals surface area contributed by atoms with Crippen LogP contribution in [-0.4, -0.2) is 19.6 Å². The van der Waals surface area contributed by atoms with Gasteiger partial charge < -0.3 is 4.40 Å². The minimum absolute atomic E-state index is 0.786. The van der Waals surface area contributed by atoms with E-state index in [1.54, 1.807) is 23.1 Å². The van der Waals surface area contributed by atoms with Crippen LogP contribution < -0.4 is 0 Å². The quantitative estimate of drug-likeness (QED) is 0.529. The SMILES string of the molecule is c1csc(-c2ccc(SCc3cn4ccccc4n3)nn2)c1. The van der Waals surface area contributed by atoms with Gasteiger partial charge >= 0.3 is 0 Å². The van der Waals surface area contributed by atoms with Gasteiger partial charge in [-0.1, -0.05) is 23.9 Å². The van der Waals surface area contributed by atoms with E-state index >= 15 is 0 Å². The molecule has 4 nitrogen and oxygen atoms in total. The molecule has 4 heterocycles. The van der Waals surface area contributed by atoms with E-state index in [2.05, 4.69) is 27.4 Å². The van der Waals surface area contributed by atoms with E-state index in [1.807, 2.05) is 52.4 Å². The van der Waals surface area contributed by atoms with Crippen molar-refractivity contribution in [3.05, 3.63) is 65.9 Å². The van der Waals surface area contributed by atoms with E-state index in [0.717, 1.165) is 32.7 Å². The Morgan fingerprint density at radius 3 is 2.82 bits per heavy atom. The third-order valence-corrected chi connectivity index (χ3v) is 5.04. The van der Waals surface area contributed by atoms with Crippen LogP contribution in [0, 0.1) is 0 Å². The zero-order valence-corrected chi connectivity index (χ0v) is 13.2. The van der Waals surface area contributed by atoms with Crippen molar-refractivity contribution in [3.63, 3.8) is 0 Å². The van der Waals surface area contributed by atoms with Gasteiger partial charge in [0, 0.05) is 18.1 Å². The predicted octanol–water partition coefficient (Wildman–Crippen LogP) is 4.15. The summed E-state index contributed by atoms with van der Waals surface area (Å²) in [5, 5.41) is 11.5. The number of fused-ring (bicyclic) bond motifs is 1. The third kappa shape index (κ3) is 2.75. The van der Waals surface area contributed by atoms with Gasteiger partial charge in [-0.3, -0.25) is 0 Å². The summed E-state index contributed by atoms with van der Waals surface area (Å²) in [4.78, 5) is 5.72. The fourth-order valence-electron chi connectivity index (χ4n) is 2.16. The lowest BCUT2D eigenvalue weighted by molar-refractivity contribution is 0.936.